The number of aromatic nitrogens is 1. The minimum absolute atomic E-state index is 0.241. The van der Waals surface area contributed by atoms with E-state index in [1.807, 2.05) is 0 Å². The SMILES string of the molecule is Cc1cc[n+](C[C@H]2O[C@@H]3O[C@H]4[C@H](O)[C@H](O)[C@@H](O[C@H]5[C@H](O)[C@H](O)[C@@H](O[C@H]6[C@H](O)[C@@H](O)[C@@H](O[C@H]7[C@H](O)[C@@H](O)[C@@H](O[C@H]8[C@H](O)[C@@H](O)[C@@H](O[C@H]9[C@H](O)[C@@H](O)[C@@H](O[C@H]2[C@H](O)[C@H]3O)O[C@@H]9CO)O[C@@H]8CO)O[C@@H]7CO)O[C@@H]6CO)O[C@@H]5CO)O[C@@H]4CO)cc1. The molecule has 21 saturated heterocycles. The molecule has 22 rings (SSSR count). The smallest absolute Gasteiger partial charge is 0.187 e. The molecule has 1 aromatic rings. The molecule has 21 fully saturated rings. The predicted octanol–water partition coefficient (Wildman–Crippen LogP) is -13.9. The van der Waals surface area contributed by atoms with Crippen LogP contribution in [-0.2, 0) is 72.9 Å². The summed E-state index contributed by atoms with van der Waals surface area (Å²) in [4.78, 5) is 0. The highest BCUT2D eigenvalue weighted by molar-refractivity contribution is 5.04. The van der Waals surface area contributed by atoms with Crippen molar-refractivity contribution in [3.05, 3.63) is 30.1 Å². The molecule has 14 bridgehead atoms. The van der Waals surface area contributed by atoms with Gasteiger partial charge in [0.05, 0.1) is 39.6 Å². The van der Waals surface area contributed by atoms with Crippen LogP contribution in [0.4, 0.5) is 0 Å². The first-order chi connectivity index (χ1) is 39.6. The number of rotatable bonds is 8. The molecule has 35 atom stereocenters. The topological polar surface area (TPSA) is 538 Å². The van der Waals surface area contributed by atoms with E-state index in [2.05, 4.69) is 0 Å². The lowest BCUT2D eigenvalue weighted by Crippen LogP contribution is -2.68. The first kappa shape index (κ1) is 65.2. The van der Waals surface area contributed by atoms with Gasteiger partial charge in [-0.05, 0) is 12.5 Å². The van der Waals surface area contributed by atoms with Gasteiger partial charge in [0, 0.05) is 12.1 Å². The van der Waals surface area contributed by atoms with Crippen molar-refractivity contribution in [1.29, 1.82) is 0 Å². The van der Waals surface area contributed by atoms with Gasteiger partial charge >= 0.3 is 0 Å². The highest BCUT2D eigenvalue weighted by Gasteiger charge is 2.60. The fourth-order valence-electron chi connectivity index (χ4n) is 11.3. The fraction of sp³-hybridized carbons (Fsp3) is 0.896. The molecular formula is C48H76NO34+. The van der Waals surface area contributed by atoms with Gasteiger partial charge in [-0.25, -0.2) is 4.57 Å². The molecular weight excluding hydrogens is 1130 g/mol. The summed E-state index contributed by atoms with van der Waals surface area (Å²) >= 11 is 0. The van der Waals surface area contributed by atoms with E-state index in [-0.39, 0.29) is 6.54 Å². The van der Waals surface area contributed by atoms with Crippen LogP contribution in [0, 0.1) is 6.92 Å². The Bertz CT molecular complexity index is 2170. The molecule has 0 radical (unpaired) electrons. The van der Waals surface area contributed by atoms with Crippen molar-refractivity contribution >= 4 is 0 Å². The van der Waals surface area contributed by atoms with Crippen LogP contribution in [0.5, 0.6) is 0 Å². The van der Waals surface area contributed by atoms with Gasteiger partial charge < -0.3 is 168 Å². The van der Waals surface area contributed by atoms with Crippen molar-refractivity contribution < 1.29 is 173 Å². The summed E-state index contributed by atoms with van der Waals surface area (Å²) in [7, 11) is 0. The number of aliphatic hydroxyl groups is 20. The van der Waals surface area contributed by atoms with Crippen LogP contribution in [0.25, 0.3) is 0 Å². The molecule has 21 aliphatic rings. The summed E-state index contributed by atoms with van der Waals surface area (Å²) in [6.07, 6.45) is -66.0. The second-order valence-electron chi connectivity index (χ2n) is 21.5. The van der Waals surface area contributed by atoms with Gasteiger partial charge in [-0.2, -0.15) is 0 Å². The maximum atomic E-state index is 11.8. The molecule has 20 N–H and O–H groups in total. The molecule has 35 nitrogen and oxygen atoms in total. The van der Waals surface area contributed by atoms with E-state index in [1.165, 1.54) is 0 Å². The van der Waals surface area contributed by atoms with Gasteiger partial charge in [-0.3, -0.25) is 0 Å². The normalized spacial score (nSPS) is 52.2. The standard InChI is InChI=1S/C48H76NO34/c1-13-2-4-49(5-3-13)6-14-35-21(56)28(63)42(70-14)78-36-15(7-50)72-44(30(65)23(36)58)80-38-17(9-52)74-46(32(67)25(38)60)82-40-19(11-54)76-48(34(69)27(40)62)83-41-20(12-55)75-47(33(68)26(41)61)81-39-18(10-53)73-45(31(66)24(39)59)79-37-16(8-51)71-43(77-35)29(64)22(37)57/h2-5,14-48,50-69H,6-12H2,1H3/q+1/t14-,15-,16-,17-,18-,19-,20-,21-,22-,23-,24-,25-,26-,27-,28-,29-,30+,31-,32+,33-,34-,35-,36-,37-,38-,39-,40-,41-,42-,43-,44-,45-,46-,47-,48-/m1/s1. The molecule has 476 valence electrons. The van der Waals surface area contributed by atoms with Crippen molar-refractivity contribution in [1.82, 2.24) is 0 Å². The van der Waals surface area contributed by atoms with Gasteiger partial charge in [0.25, 0.3) is 0 Å². The highest BCUT2D eigenvalue weighted by atomic mass is 16.8. The van der Waals surface area contributed by atoms with Crippen LogP contribution in [0.3, 0.4) is 0 Å². The molecule has 0 saturated carbocycles. The minimum Gasteiger partial charge on any atom is -0.394 e. The lowest BCUT2D eigenvalue weighted by Gasteiger charge is -2.50. The van der Waals surface area contributed by atoms with E-state index in [9.17, 15) is 102 Å². The molecule has 0 aliphatic carbocycles. The average Bonchev–Trinajstić information content (AvgIpc) is 3.30. The Labute approximate surface area is 470 Å². The fourth-order valence-corrected chi connectivity index (χ4v) is 11.3. The lowest BCUT2D eigenvalue weighted by molar-refractivity contribution is -0.707. The van der Waals surface area contributed by atoms with E-state index >= 15 is 0 Å². The number of hydrogen-bond donors (Lipinski definition) is 20. The summed E-state index contributed by atoms with van der Waals surface area (Å²) in [5, 5.41) is 223. The Balaban J connectivity index is 1.02. The Kier molecular flexibility index (Phi) is 21.8. The first-order valence-corrected chi connectivity index (χ1v) is 26.9. The zero-order valence-electron chi connectivity index (χ0n) is 44.1. The van der Waals surface area contributed by atoms with E-state index in [1.54, 1.807) is 36.0 Å². The summed E-state index contributed by atoms with van der Waals surface area (Å²) in [5.41, 5.74) is 0.826. The van der Waals surface area contributed by atoms with E-state index in [4.69, 9.17) is 66.3 Å². The molecule has 0 spiro atoms. The Hall–Kier alpha value is -2.21. The Morgan fingerprint density at radius 1 is 0.265 bits per heavy atom. The van der Waals surface area contributed by atoms with Gasteiger partial charge in [-0.15, -0.1) is 0 Å². The van der Waals surface area contributed by atoms with E-state index < -0.39 is 255 Å². The number of aliphatic hydroxyl groups excluding tert-OH is 20. The lowest BCUT2D eigenvalue weighted by atomic mass is 9.95. The number of nitrogens with zero attached hydrogens (tertiary/aromatic N) is 1. The molecule has 22 heterocycles. The summed E-state index contributed by atoms with van der Waals surface area (Å²) in [5.74, 6) is 0. The highest BCUT2D eigenvalue weighted by Crippen LogP contribution is 2.39. The van der Waals surface area contributed by atoms with E-state index in [0.29, 0.717) is 0 Å². The van der Waals surface area contributed by atoms with E-state index in [0.717, 1.165) is 5.56 Å². The van der Waals surface area contributed by atoms with Crippen molar-refractivity contribution in [3.8, 4) is 0 Å². The molecule has 0 aromatic carbocycles. The summed E-state index contributed by atoms with van der Waals surface area (Å²) in [6, 6.07) is 3.41. The zero-order valence-corrected chi connectivity index (χ0v) is 44.1. The van der Waals surface area contributed by atoms with Crippen LogP contribution >= 0.6 is 0 Å². The molecule has 83 heavy (non-hydrogen) atoms. The molecule has 35 heteroatoms. The number of aryl methyl sites for hydroxylation is 1. The number of pyridine rings is 1. The first-order valence-electron chi connectivity index (χ1n) is 26.9. The quantitative estimate of drug-likeness (QED) is 0.107. The average molecular weight is 1210 g/mol. The van der Waals surface area contributed by atoms with Crippen molar-refractivity contribution in [2.75, 3.05) is 39.6 Å². The largest absolute Gasteiger partial charge is 0.394 e. The third kappa shape index (κ3) is 13.1. The van der Waals surface area contributed by atoms with Gasteiger partial charge in [0.1, 0.15) is 171 Å². The van der Waals surface area contributed by atoms with Crippen molar-refractivity contribution in [2.24, 2.45) is 0 Å². The maximum absolute atomic E-state index is 11.8. The molecule has 21 aliphatic heterocycles. The van der Waals surface area contributed by atoms with Crippen molar-refractivity contribution in [2.45, 2.75) is 228 Å². The number of ether oxygens (including phenoxy) is 14. The maximum Gasteiger partial charge on any atom is 0.187 e. The minimum atomic E-state index is -2.20. The van der Waals surface area contributed by atoms with Crippen molar-refractivity contribution in [3.63, 3.8) is 0 Å². The molecule has 0 unspecified atom stereocenters. The molecule has 1 aromatic heterocycles. The Morgan fingerprint density at radius 3 is 0.614 bits per heavy atom. The zero-order chi connectivity index (χ0) is 60.0. The third-order valence-electron chi connectivity index (χ3n) is 16.1. The summed E-state index contributed by atoms with van der Waals surface area (Å²) in [6.45, 7) is -4.64. The monoisotopic (exact) mass is 1210 g/mol. The predicted molar refractivity (Wildman–Crippen MR) is 253 cm³/mol. The second-order valence-corrected chi connectivity index (χ2v) is 21.5. The van der Waals surface area contributed by atoms with Crippen LogP contribution in [0.1, 0.15) is 5.56 Å². The van der Waals surface area contributed by atoms with Crippen LogP contribution in [-0.4, -0.2) is 357 Å². The second kappa shape index (κ2) is 27.7. The van der Waals surface area contributed by atoms with Gasteiger partial charge in [0.15, 0.2) is 63.0 Å². The number of hydrogen-bond acceptors (Lipinski definition) is 34. The van der Waals surface area contributed by atoms with Gasteiger partial charge in [0.2, 0.25) is 0 Å². The Morgan fingerprint density at radius 2 is 0.434 bits per heavy atom. The van der Waals surface area contributed by atoms with Crippen LogP contribution < -0.4 is 4.57 Å². The third-order valence-corrected chi connectivity index (χ3v) is 16.1. The molecule has 0 amide bonds. The summed E-state index contributed by atoms with van der Waals surface area (Å²) < 4.78 is 83.0. The van der Waals surface area contributed by atoms with Crippen LogP contribution in [0.15, 0.2) is 24.5 Å². The van der Waals surface area contributed by atoms with Crippen LogP contribution in [0.2, 0.25) is 0 Å². The van der Waals surface area contributed by atoms with Gasteiger partial charge in [-0.1, -0.05) is 0 Å².